The number of carboxylic acids is 2. The molecular weight excluding hydrogens is 400 g/mol. The molecular formula is C14H24N4O9S. The molecule has 4 atom stereocenters. The first-order valence-electron chi connectivity index (χ1n) is 8.01. The SMILES string of the molecule is NC(CS)C(=O)NC(CO)C(=O)NC(CCC(=O)O)C(=O)NC(CO)C(=O)O. The summed E-state index contributed by atoms with van der Waals surface area (Å²) < 4.78 is 0. The third kappa shape index (κ3) is 8.98. The number of rotatable bonds is 13. The number of aliphatic hydroxyl groups excluding tert-OH is 2. The summed E-state index contributed by atoms with van der Waals surface area (Å²) in [6, 6.07) is -5.72. The zero-order chi connectivity index (χ0) is 21.9. The highest BCUT2D eigenvalue weighted by molar-refractivity contribution is 7.80. The van der Waals surface area contributed by atoms with E-state index in [0.717, 1.165) is 0 Å². The van der Waals surface area contributed by atoms with Crippen LogP contribution in [0.1, 0.15) is 12.8 Å². The van der Waals surface area contributed by atoms with Crippen LogP contribution in [0.3, 0.4) is 0 Å². The maximum atomic E-state index is 12.2. The largest absolute Gasteiger partial charge is 0.481 e. The Morgan fingerprint density at radius 2 is 1.29 bits per heavy atom. The quantitative estimate of drug-likeness (QED) is 0.129. The first-order valence-corrected chi connectivity index (χ1v) is 8.64. The van der Waals surface area contributed by atoms with Gasteiger partial charge in [-0.2, -0.15) is 12.6 Å². The monoisotopic (exact) mass is 424 g/mol. The van der Waals surface area contributed by atoms with Crippen molar-refractivity contribution in [2.24, 2.45) is 5.73 Å². The van der Waals surface area contributed by atoms with Gasteiger partial charge in [0, 0.05) is 12.2 Å². The fourth-order valence-electron chi connectivity index (χ4n) is 1.82. The maximum absolute atomic E-state index is 12.2. The number of hydrogen-bond acceptors (Lipinski definition) is 9. The lowest BCUT2D eigenvalue weighted by molar-refractivity contribution is -0.144. The minimum Gasteiger partial charge on any atom is -0.481 e. The Kier molecular flexibility index (Phi) is 11.8. The van der Waals surface area contributed by atoms with Crippen molar-refractivity contribution in [2.75, 3.05) is 19.0 Å². The molecule has 0 saturated heterocycles. The Hall–Kier alpha value is -2.42. The predicted octanol–water partition coefficient (Wildman–Crippen LogP) is -4.37. The highest BCUT2D eigenvalue weighted by atomic mass is 32.1. The molecule has 4 unspecified atom stereocenters. The maximum Gasteiger partial charge on any atom is 0.328 e. The Balaban J connectivity index is 5.20. The van der Waals surface area contributed by atoms with Gasteiger partial charge in [0.25, 0.3) is 0 Å². The number of aliphatic hydroxyl groups is 2. The molecule has 0 saturated carbocycles. The van der Waals surface area contributed by atoms with Gasteiger partial charge in [0.1, 0.15) is 18.1 Å². The molecule has 160 valence electrons. The smallest absolute Gasteiger partial charge is 0.328 e. The van der Waals surface area contributed by atoms with Crippen molar-refractivity contribution in [1.82, 2.24) is 16.0 Å². The molecule has 13 nitrogen and oxygen atoms in total. The minimum absolute atomic E-state index is 0.0347. The topological polar surface area (TPSA) is 228 Å². The molecule has 0 aromatic rings. The molecule has 0 fully saturated rings. The Bertz CT molecular complexity index is 589. The number of hydrogen-bond donors (Lipinski definition) is 9. The van der Waals surface area contributed by atoms with E-state index in [9.17, 15) is 29.1 Å². The second-order valence-electron chi connectivity index (χ2n) is 5.61. The van der Waals surface area contributed by atoms with Gasteiger partial charge >= 0.3 is 11.9 Å². The van der Waals surface area contributed by atoms with Gasteiger partial charge in [0.05, 0.1) is 19.3 Å². The van der Waals surface area contributed by atoms with Crippen LogP contribution in [0, 0.1) is 0 Å². The molecule has 0 spiro atoms. The van der Waals surface area contributed by atoms with Crippen molar-refractivity contribution >= 4 is 42.3 Å². The molecule has 0 aromatic heterocycles. The summed E-state index contributed by atoms with van der Waals surface area (Å²) >= 11 is 3.82. The standard InChI is InChI=1S/C14H24N4O9S/c15-6(5-28)11(23)17-8(3-19)13(25)16-7(1-2-10(21)22)12(24)18-9(4-20)14(26)27/h6-9,19-20,28H,1-5,15H2,(H,16,25)(H,17,23)(H,18,24)(H,21,22)(H,26,27). The molecule has 0 aliphatic rings. The van der Waals surface area contributed by atoms with Gasteiger partial charge in [0.2, 0.25) is 17.7 Å². The normalized spacial score (nSPS) is 14.9. The molecule has 0 bridgehead atoms. The minimum atomic E-state index is -1.67. The van der Waals surface area contributed by atoms with E-state index in [1.807, 2.05) is 5.32 Å². The fourth-order valence-corrected chi connectivity index (χ4v) is 1.99. The van der Waals surface area contributed by atoms with E-state index in [-0.39, 0.29) is 5.75 Å². The first-order chi connectivity index (χ1) is 13.1. The number of carbonyl (C=O) groups excluding carboxylic acids is 3. The van der Waals surface area contributed by atoms with Gasteiger partial charge in [0.15, 0.2) is 0 Å². The summed E-state index contributed by atoms with van der Waals surface area (Å²) in [7, 11) is 0. The van der Waals surface area contributed by atoms with E-state index in [1.165, 1.54) is 0 Å². The van der Waals surface area contributed by atoms with Crippen molar-refractivity contribution in [3.05, 3.63) is 0 Å². The van der Waals surface area contributed by atoms with Crippen LogP contribution in [-0.4, -0.2) is 93.2 Å². The molecule has 0 radical (unpaired) electrons. The number of carboxylic acid groups (broad SMARTS) is 2. The van der Waals surface area contributed by atoms with Crippen molar-refractivity contribution in [3.8, 4) is 0 Å². The Morgan fingerprint density at radius 3 is 1.71 bits per heavy atom. The summed E-state index contributed by atoms with van der Waals surface area (Å²) in [5, 5.41) is 42.1. The average Bonchev–Trinajstić information content (AvgIpc) is 2.65. The predicted molar refractivity (Wildman–Crippen MR) is 96.3 cm³/mol. The van der Waals surface area contributed by atoms with Gasteiger partial charge in [-0.1, -0.05) is 0 Å². The molecule has 0 aliphatic heterocycles. The molecule has 0 heterocycles. The first kappa shape index (κ1) is 25.6. The third-order valence-electron chi connectivity index (χ3n) is 3.43. The Labute approximate surface area is 165 Å². The van der Waals surface area contributed by atoms with Crippen molar-refractivity contribution in [2.45, 2.75) is 37.0 Å². The molecule has 0 aliphatic carbocycles. The van der Waals surface area contributed by atoms with Crippen LogP contribution in [0.5, 0.6) is 0 Å². The number of aliphatic carboxylic acids is 2. The summed E-state index contributed by atoms with van der Waals surface area (Å²) in [4.78, 5) is 57.8. The van der Waals surface area contributed by atoms with Crippen molar-refractivity contribution in [1.29, 1.82) is 0 Å². The highest BCUT2D eigenvalue weighted by Crippen LogP contribution is 2.01. The lowest BCUT2D eigenvalue weighted by atomic mass is 10.1. The summed E-state index contributed by atoms with van der Waals surface area (Å²) in [5.74, 6) is -5.74. The van der Waals surface area contributed by atoms with Crippen molar-refractivity contribution < 1.29 is 44.4 Å². The molecule has 14 heteroatoms. The zero-order valence-corrected chi connectivity index (χ0v) is 15.6. The molecule has 9 N–H and O–H groups in total. The second kappa shape index (κ2) is 12.9. The van der Waals surface area contributed by atoms with E-state index in [4.69, 9.17) is 21.1 Å². The van der Waals surface area contributed by atoms with Crippen LogP contribution in [-0.2, 0) is 24.0 Å². The van der Waals surface area contributed by atoms with E-state index in [1.54, 1.807) is 0 Å². The molecule has 0 aromatic carbocycles. The van der Waals surface area contributed by atoms with Crippen LogP contribution < -0.4 is 21.7 Å². The molecule has 28 heavy (non-hydrogen) atoms. The number of amides is 3. The molecule has 3 amide bonds. The van der Waals surface area contributed by atoms with E-state index in [2.05, 4.69) is 23.3 Å². The Morgan fingerprint density at radius 1 is 0.821 bits per heavy atom. The van der Waals surface area contributed by atoms with Crippen LogP contribution in [0.4, 0.5) is 0 Å². The van der Waals surface area contributed by atoms with E-state index < -0.39 is 79.9 Å². The zero-order valence-electron chi connectivity index (χ0n) is 14.7. The number of carbonyl (C=O) groups is 5. The van der Waals surface area contributed by atoms with Crippen LogP contribution in [0.25, 0.3) is 0 Å². The number of nitrogens with two attached hydrogens (primary N) is 1. The summed E-state index contributed by atoms with van der Waals surface area (Å²) in [5.41, 5.74) is 5.44. The van der Waals surface area contributed by atoms with Gasteiger partial charge in [-0.25, -0.2) is 4.79 Å². The van der Waals surface area contributed by atoms with Crippen molar-refractivity contribution in [3.63, 3.8) is 0 Å². The van der Waals surface area contributed by atoms with E-state index >= 15 is 0 Å². The van der Waals surface area contributed by atoms with Crippen LogP contribution in [0.2, 0.25) is 0 Å². The highest BCUT2D eigenvalue weighted by Gasteiger charge is 2.30. The second-order valence-corrected chi connectivity index (χ2v) is 5.97. The molecule has 0 rings (SSSR count). The van der Waals surface area contributed by atoms with Gasteiger partial charge in [-0.05, 0) is 6.42 Å². The fraction of sp³-hybridized carbons (Fsp3) is 0.643. The lowest BCUT2D eigenvalue weighted by Gasteiger charge is -2.23. The lowest BCUT2D eigenvalue weighted by Crippen LogP contribution is -2.58. The van der Waals surface area contributed by atoms with Crippen LogP contribution in [0.15, 0.2) is 0 Å². The van der Waals surface area contributed by atoms with Gasteiger partial charge < -0.3 is 42.1 Å². The average molecular weight is 424 g/mol. The third-order valence-corrected chi connectivity index (χ3v) is 3.82. The number of nitrogens with one attached hydrogen (secondary N) is 3. The summed E-state index contributed by atoms with van der Waals surface area (Å²) in [6.45, 7) is -1.78. The van der Waals surface area contributed by atoms with Gasteiger partial charge in [-0.15, -0.1) is 0 Å². The number of thiol groups is 1. The van der Waals surface area contributed by atoms with E-state index in [0.29, 0.717) is 0 Å². The van der Waals surface area contributed by atoms with Gasteiger partial charge in [-0.3, -0.25) is 19.2 Å². The summed E-state index contributed by atoms with van der Waals surface area (Å²) in [6.07, 6.45) is -0.956. The van der Waals surface area contributed by atoms with Crippen LogP contribution >= 0.6 is 12.6 Å².